The lowest BCUT2D eigenvalue weighted by molar-refractivity contribution is -0.187. The number of carbonyl (C=O) groups excluding carboxylic acids is 2. The summed E-state index contributed by atoms with van der Waals surface area (Å²) in [6.45, 7) is 6.28. The zero-order valence-corrected chi connectivity index (χ0v) is 14.4. The lowest BCUT2D eigenvalue weighted by Crippen LogP contribution is -2.41. The van der Waals surface area contributed by atoms with E-state index < -0.39 is 0 Å². The van der Waals surface area contributed by atoms with Crippen molar-refractivity contribution in [2.24, 2.45) is 5.41 Å². The molecule has 1 rings (SSSR count). The predicted octanol–water partition coefficient (Wildman–Crippen LogP) is 2.83. The van der Waals surface area contributed by atoms with Gasteiger partial charge in [0, 0.05) is 12.8 Å². The second-order valence-electron chi connectivity index (χ2n) is 6.11. The van der Waals surface area contributed by atoms with Crippen LogP contribution < -0.4 is 0 Å². The number of ether oxygens (including phenoxy) is 4. The summed E-state index contributed by atoms with van der Waals surface area (Å²) in [5, 5.41) is 0. The Bertz CT molecular complexity index is 349. The van der Waals surface area contributed by atoms with Crippen molar-refractivity contribution in [3.63, 3.8) is 0 Å². The average Bonchev–Trinajstić information content (AvgIpc) is 2.58. The molecule has 134 valence electrons. The van der Waals surface area contributed by atoms with E-state index in [1.807, 2.05) is 6.92 Å². The molecule has 0 radical (unpaired) electrons. The molecule has 0 aliphatic carbocycles. The molecule has 0 N–H and O–H groups in total. The van der Waals surface area contributed by atoms with E-state index in [1.54, 1.807) is 0 Å². The van der Waals surface area contributed by atoms with Crippen LogP contribution in [0.15, 0.2) is 0 Å². The second kappa shape index (κ2) is 11.4. The lowest BCUT2D eigenvalue weighted by atomic mass is 9.87. The summed E-state index contributed by atoms with van der Waals surface area (Å²) >= 11 is 0. The van der Waals surface area contributed by atoms with Crippen LogP contribution >= 0.6 is 0 Å². The molecule has 0 aromatic heterocycles. The quantitative estimate of drug-likeness (QED) is 0.428. The van der Waals surface area contributed by atoms with E-state index >= 15 is 0 Å². The summed E-state index contributed by atoms with van der Waals surface area (Å²) in [7, 11) is 0. The topological polar surface area (TPSA) is 71.1 Å². The highest BCUT2D eigenvalue weighted by molar-refractivity contribution is 5.72. The van der Waals surface area contributed by atoms with E-state index in [9.17, 15) is 9.59 Å². The Morgan fingerprint density at radius 2 is 1.61 bits per heavy atom. The van der Waals surface area contributed by atoms with Crippen molar-refractivity contribution in [3.05, 3.63) is 0 Å². The molecule has 6 nitrogen and oxygen atoms in total. The molecule has 1 aliphatic heterocycles. The molecular formula is C17H30O6. The molecule has 1 aliphatic rings. The summed E-state index contributed by atoms with van der Waals surface area (Å²) in [4.78, 5) is 23.3. The van der Waals surface area contributed by atoms with E-state index in [0.717, 1.165) is 25.7 Å². The zero-order chi connectivity index (χ0) is 17.0. The highest BCUT2D eigenvalue weighted by atomic mass is 16.7. The first-order valence-electron chi connectivity index (χ1n) is 8.58. The first kappa shape index (κ1) is 19.9. The SMILES string of the molecule is CCCCCOC(=O)CCCC(=O)OCC1(CC)COCOC1. The third-order valence-corrected chi connectivity index (χ3v) is 4.05. The average molecular weight is 330 g/mol. The van der Waals surface area contributed by atoms with Crippen LogP contribution in [0.25, 0.3) is 0 Å². The molecule has 0 aromatic carbocycles. The Labute approximate surface area is 138 Å². The number of rotatable bonds is 11. The van der Waals surface area contributed by atoms with Crippen molar-refractivity contribution >= 4 is 11.9 Å². The summed E-state index contributed by atoms with van der Waals surface area (Å²) in [6, 6.07) is 0. The fourth-order valence-corrected chi connectivity index (χ4v) is 2.30. The maximum atomic E-state index is 11.8. The van der Waals surface area contributed by atoms with E-state index in [-0.39, 0.29) is 30.2 Å². The highest BCUT2D eigenvalue weighted by Crippen LogP contribution is 2.26. The first-order chi connectivity index (χ1) is 11.1. The third-order valence-electron chi connectivity index (χ3n) is 4.05. The predicted molar refractivity (Wildman–Crippen MR) is 84.8 cm³/mol. The normalized spacial score (nSPS) is 16.8. The lowest BCUT2D eigenvalue weighted by Gasteiger charge is -2.35. The van der Waals surface area contributed by atoms with Crippen LogP contribution in [0.3, 0.4) is 0 Å². The van der Waals surface area contributed by atoms with Gasteiger partial charge in [0.05, 0.1) is 25.2 Å². The standard InChI is InChI=1S/C17H30O6/c1-3-5-6-10-22-15(18)8-7-9-16(19)23-13-17(4-2)11-20-14-21-12-17/h3-14H2,1-2H3. The molecule has 0 saturated carbocycles. The highest BCUT2D eigenvalue weighted by Gasteiger charge is 2.33. The van der Waals surface area contributed by atoms with Crippen LogP contribution in [-0.2, 0) is 28.5 Å². The van der Waals surface area contributed by atoms with Gasteiger partial charge in [-0.3, -0.25) is 9.59 Å². The molecule has 1 fully saturated rings. The maximum Gasteiger partial charge on any atom is 0.305 e. The van der Waals surface area contributed by atoms with E-state index in [1.165, 1.54) is 0 Å². The minimum Gasteiger partial charge on any atom is -0.466 e. The van der Waals surface area contributed by atoms with E-state index in [2.05, 4.69) is 6.92 Å². The number of unbranched alkanes of at least 4 members (excludes halogenated alkanes) is 2. The fraction of sp³-hybridized carbons (Fsp3) is 0.882. The minimum absolute atomic E-state index is 0.228. The molecule has 0 spiro atoms. The second-order valence-corrected chi connectivity index (χ2v) is 6.11. The summed E-state index contributed by atoms with van der Waals surface area (Å²) in [6.07, 6.45) is 4.82. The molecule has 6 heteroatoms. The van der Waals surface area contributed by atoms with Gasteiger partial charge in [-0.25, -0.2) is 0 Å². The molecule has 0 aromatic rings. The molecule has 1 heterocycles. The van der Waals surface area contributed by atoms with E-state index in [0.29, 0.717) is 39.6 Å². The monoisotopic (exact) mass is 330 g/mol. The summed E-state index contributed by atoms with van der Waals surface area (Å²) in [5.74, 6) is -0.532. The van der Waals surface area contributed by atoms with Gasteiger partial charge < -0.3 is 18.9 Å². The molecular weight excluding hydrogens is 300 g/mol. The molecule has 0 amide bonds. The van der Waals surface area contributed by atoms with Gasteiger partial charge in [0.15, 0.2) is 0 Å². The van der Waals surface area contributed by atoms with Gasteiger partial charge in [0.2, 0.25) is 0 Å². The maximum absolute atomic E-state index is 11.8. The number of carbonyl (C=O) groups is 2. The van der Waals surface area contributed by atoms with Crippen LogP contribution in [-0.4, -0.2) is 45.2 Å². The fourth-order valence-electron chi connectivity index (χ4n) is 2.30. The van der Waals surface area contributed by atoms with Crippen molar-refractivity contribution in [1.29, 1.82) is 0 Å². The Hall–Kier alpha value is -1.14. The Kier molecular flexibility index (Phi) is 9.87. The van der Waals surface area contributed by atoms with Gasteiger partial charge in [-0.2, -0.15) is 0 Å². The molecule has 0 atom stereocenters. The third kappa shape index (κ3) is 8.32. The number of hydrogen-bond donors (Lipinski definition) is 0. The van der Waals surface area contributed by atoms with Crippen molar-refractivity contribution in [2.75, 3.05) is 33.2 Å². The number of hydrogen-bond acceptors (Lipinski definition) is 6. The zero-order valence-electron chi connectivity index (χ0n) is 14.4. The van der Waals surface area contributed by atoms with Crippen molar-refractivity contribution < 1.29 is 28.5 Å². The van der Waals surface area contributed by atoms with Crippen molar-refractivity contribution in [2.45, 2.75) is 58.8 Å². The van der Waals surface area contributed by atoms with Crippen LogP contribution in [0.2, 0.25) is 0 Å². The van der Waals surface area contributed by atoms with Crippen molar-refractivity contribution in [1.82, 2.24) is 0 Å². The molecule has 0 unspecified atom stereocenters. The molecule has 23 heavy (non-hydrogen) atoms. The smallest absolute Gasteiger partial charge is 0.305 e. The van der Waals surface area contributed by atoms with Gasteiger partial charge in [0.1, 0.15) is 13.4 Å². The summed E-state index contributed by atoms with van der Waals surface area (Å²) in [5.41, 5.74) is -0.244. The number of esters is 2. The largest absolute Gasteiger partial charge is 0.466 e. The Morgan fingerprint density at radius 1 is 0.957 bits per heavy atom. The van der Waals surface area contributed by atoms with Gasteiger partial charge in [-0.15, -0.1) is 0 Å². The Balaban J connectivity index is 2.10. The summed E-state index contributed by atoms with van der Waals surface area (Å²) < 4.78 is 21.0. The molecule has 0 bridgehead atoms. The van der Waals surface area contributed by atoms with E-state index in [4.69, 9.17) is 18.9 Å². The molecule has 1 saturated heterocycles. The van der Waals surface area contributed by atoms with Crippen LogP contribution in [0, 0.1) is 5.41 Å². The van der Waals surface area contributed by atoms with Crippen LogP contribution in [0.4, 0.5) is 0 Å². The van der Waals surface area contributed by atoms with Gasteiger partial charge in [-0.05, 0) is 19.3 Å². The minimum atomic E-state index is -0.290. The van der Waals surface area contributed by atoms with Crippen molar-refractivity contribution in [3.8, 4) is 0 Å². The van der Waals surface area contributed by atoms with Gasteiger partial charge in [-0.1, -0.05) is 26.7 Å². The van der Waals surface area contributed by atoms with Gasteiger partial charge >= 0.3 is 11.9 Å². The first-order valence-corrected chi connectivity index (χ1v) is 8.58. The van der Waals surface area contributed by atoms with Crippen LogP contribution in [0.1, 0.15) is 58.8 Å². The van der Waals surface area contributed by atoms with Gasteiger partial charge in [0.25, 0.3) is 0 Å². The Morgan fingerprint density at radius 3 is 2.22 bits per heavy atom. The van der Waals surface area contributed by atoms with Crippen LogP contribution in [0.5, 0.6) is 0 Å².